The van der Waals surface area contributed by atoms with Crippen LogP contribution in [0.25, 0.3) is 0 Å². The zero-order valence-corrected chi connectivity index (χ0v) is 12.4. The van der Waals surface area contributed by atoms with Crippen LogP contribution in [0.15, 0.2) is 36.4 Å². The third kappa shape index (κ3) is 3.56. The highest BCUT2D eigenvalue weighted by molar-refractivity contribution is 6.06. The van der Waals surface area contributed by atoms with Gasteiger partial charge in [-0.2, -0.15) is 0 Å². The van der Waals surface area contributed by atoms with Gasteiger partial charge in [-0.1, -0.05) is 0 Å². The Labute approximate surface area is 135 Å². The van der Waals surface area contributed by atoms with Crippen LogP contribution in [0.3, 0.4) is 0 Å². The van der Waals surface area contributed by atoms with Crippen molar-refractivity contribution < 1.29 is 22.8 Å². The van der Waals surface area contributed by atoms with Gasteiger partial charge in [0, 0.05) is 23.4 Å². The van der Waals surface area contributed by atoms with Crippen LogP contribution >= 0.6 is 0 Å². The van der Waals surface area contributed by atoms with Crippen LogP contribution in [0.5, 0.6) is 0 Å². The van der Waals surface area contributed by atoms with Gasteiger partial charge >= 0.3 is 0 Å². The minimum Gasteiger partial charge on any atom is -0.349 e. The molecule has 1 aliphatic carbocycles. The molecule has 24 heavy (non-hydrogen) atoms. The van der Waals surface area contributed by atoms with Crippen molar-refractivity contribution in [1.29, 1.82) is 0 Å². The Morgan fingerprint density at radius 1 is 0.875 bits per heavy atom. The molecule has 0 aliphatic heterocycles. The van der Waals surface area contributed by atoms with Crippen molar-refractivity contribution in [2.24, 2.45) is 0 Å². The van der Waals surface area contributed by atoms with Crippen LogP contribution in [-0.2, 0) is 0 Å². The van der Waals surface area contributed by atoms with Crippen LogP contribution in [0.4, 0.5) is 18.9 Å². The average molecular weight is 334 g/mol. The molecule has 7 heteroatoms. The monoisotopic (exact) mass is 334 g/mol. The van der Waals surface area contributed by atoms with Crippen molar-refractivity contribution in [1.82, 2.24) is 5.32 Å². The largest absolute Gasteiger partial charge is 0.349 e. The molecule has 0 spiro atoms. The van der Waals surface area contributed by atoms with Gasteiger partial charge in [0.1, 0.15) is 5.82 Å². The Bertz CT molecular complexity index is 819. The molecule has 124 valence electrons. The fourth-order valence-electron chi connectivity index (χ4n) is 2.11. The molecule has 3 rings (SSSR count). The lowest BCUT2D eigenvalue weighted by molar-refractivity contribution is 0.0951. The van der Waals surface area contributed by atoms with Crippen molar-refractivity contribution in [2.75, 3.05) is 5.32 Å². The SMILES string of the molecule is O=C(NC1CC1)c1ccc(F)c(C(=O)Nc2ccc(F)c(F)c2)c1. The molecule has 2 N–H and O–H groups in total. The van der Waals surface area contributed by atoms with E-state index in [0.29, 0.717) is 0 Å². The summed E-state index contributed by atoms with van der Waals surface area (Å²) in [7, 11) is 0. The number of amides is 2. The number of benzene rings is 2. The number of halogens is 3. The molecule has 0 atom stereocenters. The van der Waals surface area contributed by atoms with Gasteiger partial charge in [-0.05, 0) is 43.2 Å². The quantitative estimate of drug-likeness (QED) is 0.902. The molecule has 0 aromatic heterocycles. The maximum Gasteiger partial charge on any atom is 0.258 e. The molecule has 0 saturated heterocycles. The highest BCUT2D eigenvalue weighted by atomic mass is 19.2. The van der Waals surface area contributed by atoms with Crippen molar-refractivity contribution in [2.45, 2.75) is 18.9 Å². The summed E-state index contributed by atoms with van der Waals surface area (Å²) in [6.45, 7) is 0. The van der Waals surface area contributed by atoms with E-state index in [1.165, 1.54) is 6.07 Å². The summed E-state index contributed by atoms with van der Waals surface area (Å²) in [5.41, 5.74) is -0.229. The van der Waals surface area contributed by atoms with E-state index in [1.807, 2.05) is 0 Å². The summed E-state index contributed by atoms with van der Waals surface area (Å²) >= 11 is 0. The Morgan fingerprint density at radius 3 is 2.25 bits per heavy atom. The lowest BCUT2D eigenvalue weighted by Gasteiger charge is -2.09. The summed E-state index contributed by atoms with van der Waals surface area (Å²) < 4.78 is 39.9. The molecule has 1 aliphatic rings. The Hall–Kier alpha value is -2.83. The first-order chi connectivity index (χ1) is 11.4. The maximum absolute atomic E-state index is 13.9. The van der Waals surface area contributed by atoms with Gasteiger partial charge in [0.05, 0.1) is 5.56 Å². The van der Waals surface area contributed by atoms with Gasteiger partial charge in [0.15, 0.2) is 11.6 Å². The number of hydrogen-bond acceptors (Lipinski definition) is 2. The van der Waals surface area contributed by atoms with E-state index in [0.717, 1.165) is 43.2 Å². The maximum atomic E-state index is 13.9. The van der Waals surface area contributed by atoms with Crippen LogP contribution < -0.4 is 10.6 Å². The molecular formula is C17H13F3N2O2. The molecule has 2 amide bonds. The fourth-order valence-corrected chi connectivity index (χ4v) is 2.11. The standard InChI is InChI=1S/C17H13F3N2O2/c18-13-5-1-9(16(23)21-10-2-3-10)7-12(13)17(24)22-11-4-6-14(19)15(20)8-11/h1,4-8,10H,2-3H2,(H,21,23)(H,22,24). The molecule has 0 unspecified atom stereocenters. The van der Waals surface area contributed by atoms with Crippen LogP contribution in [0.2, 0.25) is 0 Å². The normalized spacial score (nSPS) is 13.5. The molecule has 1 saturated carbocycles. The van der Waals surface area contributed by atoms with Crippen LogP contribution in [0.1, 0.15) is 33.6 Å². The van der Waals surface area contributed by atoms with E-state index in [1.54, 1.807) is 0 Å². The fraction of sp³-hybridized carbons (Fsp3) is 0.176. The number of rotatable bonds is 4. The van der Waals surface area contributed by atoms with Crippen molar-refractivity contribution in [3.63, 3.8) is 0 Å². The third-order valence-electron chi connectivity index (χ3n) is 3.56. The van der Waals surface area contributed by atoms with Crippen molar-refractivity contribution in [3.8, 4) is 0 Å². The number of anilines is 1. The van der Waals surface area contributed by atoms with E-state index >= 15 is 0 Å². The second-order valence-electron chi connectivity index (χ2n) is 5.53. The smallest absolute Gasteiger partial charge is 0.258 e. The van der Waals surface area contributed by atoms with Gasteiger partial charge in [-0.3, -0.25) is 9.59 Å². The van der Waals surface area contributed by atoms with Gasteiger partial charge in [0.2, 0.25) is 0 Å². The zero-order chi connectivity index (χ0) is 17.3. The van der Waals surface area contributed by atoms with Gasteiger partial charge in [-0.25, -0.2) is 13.2 Å². The average Bonchev–Trinajstić information content (AvgIpc) is 3.35. The predicted octanol–water partition coefficient (Wildman–Crippen LogP) is 3.25. The van der Waals surface area contributed by atoms with E-state index < -0.39 is 23.4 Å². The summed E-state index contributed by atoms with van der Waals surface area (Å²) in [4.78, 5) is 24.1. The number of hydrogen-bond donors (Lipinski definition) is 2. The molecule has 0 bridgehead atoms. The summed E-state index contributed by atoms with van der Waals surface area (Å²) in [6, 6.07) is 6.33. The molecule has 2 aromatic carbocycles. The Morgan fingerprint density at radius 2 is 1.58 bits per heavy atom. The molecule has 0 heterocycles. The number of carbonyl (C=O) groups excluding carboxylic acids is 2. The van der Waals surface area contributed by atoms with Gasteiger partial charge in [-0.15, -0.1) is 0 Å². The highest BCUT2D eigenvalue weighted by Gasteiger charge is 2.24. The first kappa shape index (κ1) is 16.0. The van der Waals surface area contributed by atoms with Gasteiger partial charge < -0.3 is 10.6 Å². The second kappa shape index (κ2) is 6.35. The van der Waals surface area contributed by atoms with E-state index in [-0.39, 0.29) is 28.8 Å². The topological polar surface area (TPSA) is 58.2 Å². The van der Waals surface area contributed by atoms with Crippen molar-refractivity contribution >= 4 is 17.5 Å². The molecule has 4 nitrogen and oxygen atoms in total. The van der Waals surface area contributed by atoms with E-state index in [9.17, 15) is 22.8 Å². The predicted molar refractivity (Wildman–Crippen MR) is 81.2 cm³/mol. The molecule has 2 aromatic rings. The summed E-state index contributed by atoms with van der Waals surface area (Å²) in [5, 5.41) is 5.00. The van der Waals surface area contributed by atoms with Crippen LogP contribution in [-0.4, -0.2) is 17.9 Å². The first-order valence-electron chi connectivity index (χ1n) is 7.31. The number of nitrogens with one attached hydrogen (secondary N) is 2. The van der Waals surface area contributed by atoms with Gasteiger partial charge in [0.25, 0.3) is 11.8 Å². The molecule has 1 fully saturated rings. The lowest BCUT2D eigenvalue weighted by atomic mass is 10.1. The van der Waals surface area contributed by atoms with E-state index in [2.05, 4.69) is 10.6 Å². The second-order valence-corrected chi connectivity index (χ2v) is 5.53. The van der Waals surface area contributed by atoms with Crippen LogP contribution in [0, 0.1) is 17.5 Å². The molecule has 0 radical (unpaired) electrons. The minimum absolute atomic E-state index is 0.0221. The van der Waals surface area contributed by atoms with E-state index in [4.69, 9.17) is 0 Å². The summed E-state index contributed by atoms with van der Waals surface area (Å²) in [5.74, 6) is -4.26. The minimum atomic E-state index is -1.13. The number of carbonyl (C=O) groups is 2. The summed E-state index contributed by atoms with van der Waals surface area (Å²) in [6.07, 6.45) is 1.80. The van der Waals surface area contributed by atoms with Crippen molar-refractivity contribution in [3.05, 3.63) is 65.0 Å². The lowest BCUT2D eigenvalue weighted by Crippen LogP contribution is -2.26. The zero-order valence-electron chi connectivity index (χ0n) is 12.4. The Balaban J connectivity index is 1.80. The third-order valence-corrected chi connectivity index (χ3v) is 3.56. The highest BCUT2D eigenvalue weighted by Crippen LogP contribution is 2.20. The molecular weight excluding hydrogens is 321 g/mol. The Kier molecular flexibility index (Phi) is 4.24. The first-order valence-corrected chi connectivity index (χ1v) is 7.31.